The van der Waals surface area contributed by atoms with Gasteiger partial charge in [-0.25, -0.2) is 9.97 Å². The number of hydrogen-bond donors (Lipinski definition) is 2. The van der Waals surface area contributed by atoms with Crippen molar-refractivity contribution in [2.75, 3.05) is 0 Å². The van der Waals surface area contributed by atoms with Gasteiger partial charge in [-0.15, -0.1) is 0 Å². The van der Waals surface area contributed by atoms with Crippen LogP contribution in [0.5, 0.6) is 0 Å². The first-order valence-electron chi connectivity index (χ1n) is 5.52. The molecule has 0 amide bonds. The molecule has 0 fully saturated rings. The highest BCUT2D eigenvalue weighted by atomic mass is 15.2. The van der Waals surface area contributed by atoms with E-state index in [0.717, 1.165) is 12.0 Å². The summed E-state index contributed by atoms with van der Waals surface area (Å²) in [6.07, 6.45) is 8.58. The lowest BCUT2D eigenvalue weighted by Gasteiger charge is -2.20. The van der Waals surface area contributed by atoms with Crippen molar-refractivity contribution in [1.82, 2.24) is 15.4 Å². The minimum Gasteiger partial charge on any atom is -0.271 e. The normalized spacial score (nSPS) is 13.1. The van der Waals surface area contributed by atoms with Gasteiger partial charge >= 0.3 is 0 Å². The first kappa shape index (κ1) is 12.1. The molecule has 1 unspecified atom stereocenters. The lowest BCUT2D eigenvalue weighted by molar-refractivity contribution is 0.374. The zero-order chi connectivity index (χ0) is 11.1. The van der Waals surface area contributed by atoms with Gasteiger partial charge in [0.2, 0.25) is 0 Å². The van der Waals surface area contributed by atoms with E-state index in [4.69, 9.17) is 5.84 Å². The molecule has 15 heavy (non-hydrogen) atoms. The second kappa shape index (κ2) is 6.48. The van der Waals surface area contributed by atoms with Crippen molar-refractivity contribution < 1.29 is 0 Å². The van der Waals surface area contributed by atoms with Crippen LogP contribution in [0.15, 0.2) is 18.7 Å². The molecule has 84 valence electrons. The molecule has 4 nitrogen and oxygen atoms in total. The Balaban J connectivity index is 2.64. The van der Waals surface area contributed by atoms with Crippen molar-refractivity contribution in [3.63, 3.8) is 0 Å². The average Bonchev–Trinajstić information content (AvgIpc) is 2.32. The Morgan fingerprint density at radius 3 is 2.33 bits per heavy atom. The van der Waals surface area contributed by atoms with Gasteiger partial charge < -0.3 is 0 Å². The number of hydrazine groups is 1. The third-order valence-electron chi connectivity index (χ3n) is 2.91. The van der Waals surface area contributed by atoms with Crippen LogP contribution in [0.4, 0.5) is 0 Å². The standard InChI is InChI=1S/C11H20N4/c1-3-9(4-2)5-11(15-12)10-6-13-8-14-7-10/h6-9,11,15H,3-5,12H2,1-2H3. The Hall–Kier alpha value is -1.00. The molecular weight excluding hydrogens is 188 g/mol. The Morgan fingerprint density at radius 1 is 1.27 bits per heavy atom. The fraction of sp³-hybridized carbons (Fsp3) is 0.636. The Morgan fingerprint density at radius 2 is 1.87 bits per heavy atom. The molecule has 1 rings (SSSR count). The van der Waals surface area contributed by atoms with Crippen molar-refractivity contribution in [3.05, 3.63) is 24.3 Å². The van der Waals surface area contributed by atoms with Crippen molar-refractivity contribution in [2.45, 2.75) is 39.2 Å². The van der Waals surface area contributed by atoms with Crippen LogP contribution >= 0.6 is 0 Å². The van der Waals surface area contributed by atoms with E-state index in [0.29, 0.717) is 5.92 Å². The maximum Gasteiger partial charge on any atom is 0.115 e. The zero-order valence-electron chi connectivity index (χ0n) is 9.48. The molecule has 3 N–H and O–H groups in total. The number of nitrogens with zero attached hydrogens (tertiary/aromatic N) is 2. The maximum atomic E-state index is 5.56. The summed E-state index contributed by atoms with van der Waals surface area (Å²) >= 11 is 0. The number of aromatic nitrogens is 2. The molecule has 1 aromatic heterocycles. The van der Waals surface area contributed by atoms with Gasteiger partial charge in [-0.2, -0.15) is 0 Å². The highest BCUT2D eigenvalue weighted by molar-refractivity contribution is 5.08. The number of hydrogen-bond acceptors (Lipinski definition) is 4. The molecule has 1 atom stereocenters. The van der Waals surface area contributed by atoms with Crippen LogP contribution in [0.25, 0.3) is 0 Å². The van der Waals surface area contributed by atoms with Gasteiger partial charge in [0.05, 0.1) is 0 Å². The summed E-state index contributed by atoms with van der Waals surface area (Å²) in [5, 5.41) is 0. The fourth-order valence-corrected chi connectivity index (χ4v) is 1.75. The molecule has 0 aromatic carbocycles. The van der Waals surface area contributed by atoms with Crippen molar-refractivity contribution in [3.8, 4) is 0 Å². The molecule has 1 aromatic rings. The first-order valence-corrected chi connectivity index (χ1v) is 5.52. The van der Waals surface area contributed by atoms with E-state index in [-0.39, 0.29) is 6.04 Å². The van der Waals surface area contributed by atoms with Gasteiger partial charge in [-0.05, 0) is 12.3 Å². The molecule has 1 heterocycles. The summed E-state index contributed by atoms with van der Waals surface area (Å²) in [5.41, 5.74) is 3.90. The summed E-state index contributed by atoms with van der Waals surface area (Å²) in [7, 11) is 0. The maximum absolute atomic E-state index is 5.56. The Bertz CT molecular complexity index is 259. The lowest BCUT2D eigenvalue weighted by atomic mass is 9.92. The van der Waals surface area contributed by atoms with E-state index in [1.807, 2.05) is 12.4 Å². The third-order valence-corrected chi connectivity index (χ3v) is 2.91. The van der Waals surface area contributed by atoms with Crippen LogP contribution in [0.1, 0.15) is 44.7 Å². The van der Waals surface area contributed by atoms with E-state index < -0.39 is 0 Å². The van der Waals surface area contributed by atoms with Crippen LogP contribution in [0.2, 0.25) is 0 Å². The summed E-state index contributed by atoms with van der Waals surface area (Å²) < 4.78 is 0. The molecule has 0 aliphatic carbocycles. The third kappa shape index (κ3) is 3.57. The number of nitrogens with one attached hydrogen (secondary N) is 1. The highest BCUT2D eigenvalue weighted by Crippen LogP contribution is 2.23. The zero-order valence-corrected chi connectivity index (χ0v) is 9.48. The van der Waals surface area contributed by atoms with E-state index >= 15 is 0 Å². The molecule has 4 heteroatoms. The van der Waals surface area contributed by atoms with Crippen LogP contribution in [0.3, 0.4) is 0 Å². The van der Waals surface area contributed by atoms with E-state index in [9.17, 15) is 0 Å². The number of nitrogens with two attached hydrogens (primary N) is 1. The van der Waals surface area contributed by atoms with E-state index in [1.165, 1.54) is 19.2 Å². The van der Waals surface area contributed by atoms with Crippen LogP contribution in [0, 0.1) is 5.92 Å². The average molecular weight is 208 g/mol. The monoisotopic (exact) mass is 208 g/mol. The predicted molar refractivity (Wildman–Crippen MR) is 60.8 cm³/mol. The first-order chi connectivity index (χ1) is 7.31. The number of rotatable bonds is 6. The van der Waals surface area contributed by atoms with Crippen molar-refractivity contribution in [2.24, 2.45) is 11.8 Å². The quantitative estimate of drug-likeness (QED) is 0.553. The highest BCUT2D eigenvalue weighted by Gasteiger charge is 2.14. The molecule has 0 aliphatic heterocycles. The molecule has 0 bridgehead atoms. The lowest BCUT2D eigenvalue weighted by Crippen LogP contribution is -2.29. The van der Waals surface area contributed by atoms with Gasteiger partial charge in [0, 0.05) is 24.0 Å². The van der Waals surface area contributed by atoms with Crippen molar-refractivity contribution >= 4 is 0 Å². The molecular formula is C11H20N4. The summed E-state index contributed by atoms with van der Waals surface area (Å²) in [6, 6.07) is 0.163. The molecule has 0 saturated heterocycles. The topological polar surface area (TPSA) is 63.8 Å². The van der Waals surface area contributed by atoms with Gasteiger partial charge in [-0.3, -0.25) is 11.3 Å². The minimum atomic E-state index is 0.163. The second-order valence-corrected chi connectivity index (χ2v) is 3.81. The molecule has 0 aliphatic rings. The fourth-order valence-electron chi connectivity index (χ4n) is 1.75. The van der Waals surface area contributed by atoms with E-state index in [2.05, 4.69) is 29.2 Å². The molecule has 0 saturated carbocycles. The van der Waals surface area contributed by atoms with Gasteiger partial charge in [0.25, 0.3) is 0 Å². The molecule has 0 radical (unpaired) electrons. The Labute approximate surface area is 91.3 Å². The Kier molecular flexibility index (Phi) is 5.21. The largest absolute Gasteiger partial charge is 0.271 e. The smallest absolute Gasteiger partial charge is 0.115 e. The van der Waals surface area contributed by atoms with Gasteiger partial charge in [-0.1, -0.05) is 26.7 Å². The van der Waals surface area contributed by atoms with Gasteiger partial charge in [0.1, 0.15) is 6.33 Å². The van der Waals surface area contributed by atoms with Gasteiger partial charge in [0.15, 0.2) is 0 Å². The summed E-state index contributed by atoms with van der Waals surface area (Å²) in [5.74, 6) is 6.26. The van der Waals surface area contributed by atoms with Crippen LogP contribution in [-0.4, -0.2) is 9.97 Å². The molecule has 0 spiro atoms. The van der Waals surface area contributed by atoms with Crippen LogP contribution < -0.4 is 11.3 Å². The van der Waals surface area contributed by atoms with E-state index in [1.54, 1.807) is 0 Å². The van der Waals surface area contributed by atoms with Crippen LogP contribution in [-0.2, 0) is 0 Å². The summed E-state index contributed by atoms with van der Waals surface area (Å²) in [6.45, 7) is 4.42. The second-order valence-electron chi connectivity index (χ2n) is 3.81. The minimum absolute atomic E-state index is 0.163. The van der Waals surface area contributed by atoms with Crippen molar-refractivity contribution in [1.29, 1.82) is 0 Å². The summed E-state index contributed by atoms with van der Waals surface area (Å²) in [4.78, 5) is 8.01. The predicted octanol–water partition coefficient (Wildman–Crippen LogP) is 1.81. The SMILES string of the molecule is CCC(CC)CC(NN)c1cncnc1.